The summed E-state index contributed by atoms with van der Waals surface area (Å²) in [6.45, 7) is 2.25. The van der Waals surface area contributed by atoms with Gasteiger partial charge in [0.1, 0.15) is 11.9 Å². The van der Waals surface area contributed by atoms with Crippen LogP contribution >= 0.6 is 0 Å². The van der Waals surface area contributed by atoms with Crippen LogP contribution in [0.1, 0.15) is 56.7 Å². The molecule has 2 aromatic carbocycles. The van der Waals surface area contributed by atoms with Crippen molar-refractivity contribution in [1.29, 1.82) is 5.26 Å². The number of hydrogen-bond acceptors (Lipinski definition) is 8. The van der Waals surface area contributed by atoms with E-state index in [1.165, 1.54) is 50.3 Å². The molecule has 2 heterocycles. The Balaban J connectivity index is 1.37. The van der Waals surface area contributed by atoms with Crippen LogP contribution in [0.5, 0.6) is 0 Å². The number of unbranched alkanes of at least 4 members (excludes halogenated alkanes) is 5. The summed E-state index contributed by atoms with van der Waals surface area (Å²) in [4.78, 5) is 8.74. The SMILES string of the molecule is CCCCCCCCc1ccc(Nc2cnc(N=Nc3c(C#N)nn(-c4ccccc4)c3NC)cn2)cc1. The maximum atomic E-state index is 9.58. The third-order valence-corrected chi connectivity index (χ3v) is 6.14. The second kappa shape index (κ2) is 13.7. The highest BCUT2D eigenvalue weighted by Crippen LogP contribution is 2.32. The van der Waals surface area contributed by atoms with Gasteiger partial charge >= 0.3 is 0 Å². The first-order valence-corrected chi connectivity index (χ1v) is 13.1. The van der Waals surface area contributed by atoms with E-state index in [2.05, 4.69) is 73.2 Å². The van der Waals surface area contributed by atoms with Crippen molar-refractivity contribution in [1.82, 2.24) is 19.7 Å². The zero-order chi connectivity index (χ0) is 26.6. The Bertz CT molecular complexity index is 1350. The lowest BCUT2D eigenvalue weighted by Crippen LogP contribution is -2.02. The third-order valence-electron chi connectivity index (χ3n) is 6.14. The molecule has 4 rings (SSSR count). The van der Waals surface area contributed by atoms with E-state index in [0.29, 0.717) is 23.1 Å². The van der Waals surface area contributed by atoms with Crippen LogP contribution in [-0.2, 0) is 6.42 Å². The lowest BCUT2D eigenvalue weighted by atomic mass is 10.0. The minimum atomic E-state index is 0.160. The van der Waals surface area contributed by atoms with Crippen LogP contribution in [0.4, 0.5) is 28.8 Å². The van der Waals surface area contributed by atoms with E-state index in [4.69, 9.17) is 0 Å². The van der Waals surface area contributed by atoms with Gasteiger partial charge in [-0.05, 0) is 42.7 Å². The molecule has 2 N–H and O–H groups in total. The fourth-order valence-electron chi connectivity index (χ4n) is 4.11. The Labute approximate surface area is 223 Å². The van der Waals surface area contributed by atoms with E-state index in [0.717, 1.165) is 17.8 Å². The van der Waals surface area contributed by atoms with Gasteiger partial charge in [0.25, 0.3) is 0 Å². The van der Waals surface area contributed by atoms with Crippen LogP contribution in [0, 0.1) is 11.3 Å². The van der Waals surface area contributed by atoms with Gasteiger partial charge < -0.3 is 10.6 Å². The average Bonchev–Trinajstić information content (AvgIpc) is 3.33. The Morgan fingerprint density at radius 1 is 0.895 bits per heavy atom. The van der Waals surface area contributed by atoms with E-state index >= 15 is 0 Å². The molecule has 0 atom stereocenters. The Morgan fingerprint density at radius 3 is 2.34 bits per heavy atom. The highest BCUT2D eigenvalue weighted by Gasteiger charge is 2.18. The predicted molar refractivity (Wildman–Crippen MR) is 151 cm³/mol. The van der Waals surface area contributed by atoms with Crippen LogP contribution in [0.3, 0.4) is 0 Å². The second-order valence-electron chi connectivity index (χ2n) is 8.95. The third kappa shape index (κ3) is 7.01. The Kier molecular flexibility index (Phi) is 9.51. The van der Waals surface area contributed by atoms with E-state index < -0.39 is 0 Å². The summed E-state index contributed by atoms with van der Waals surface area (Å²) in [6, 6.07) is 20.1. The maximum absolute atomic E-state index is 9.58. The lowest BCUT2D eigenvalue weighted by Gasteiger charge is -2.07. The molecule has 194 valence electrons. The largest absolute Gasteiger partial charge is 0.371 e. The Hall–Kier alpha value is -4.58. The zero-order valence-electron chi connectivity index (χ0n) is 21.9. The van der Waals surface area contributed by atoms with Crippen molar-refractivity contribution in [2.24, 2.45) is 10.2 Å². The molecule has 0 saturated carbocycles. The minimum absolute atomic E-state index is 0.160. The molecule has 4 aromatic rings. The predicted octanol–water partition coefficient (Wildman–Crippen LogP) is 7.64. The molecule has 38 heavy (non-hydrogen) atoms. The monoisotopic (exact) mass is 507 g/mol. The molecule has 9 nitrogen and oxygen atoms in total. The molecule has 0 aliphatic carbocycles. The maximum Gasteiger partial charge on any atom is 0.193 e. The molecule has 0 bridgehead atoms. The highest BCUT2D eigenvalue weighted by atomic mass is 15.4. The molecule has 0 amide bonds. The molecule has 9 heteroatoms. The molecular formula is C29H33N9. The summed E-state index contributed by atoms with van der Waals surface area (Å²) in [6.07, 6.45) is 12.1. The van der Waals surface area contributed by atoms with Gasteiger partial charge in [-0.15, -0.1) is 10.2 Å². The van der Waals surface area contributed by atoms with Gasteiger partial charge in [-0.25, -0.2) is 14.6 Å². The van der Waals surface area contributed by atoms with E-state index in [1.54, 1.807) is 17.9 Å². The molecule has 0 fully saturated rings. The summed E-state index contributed by atoms with van der Waals surface area (Å²) < 4.78 is 1.63. The van der Waals surface area contributed by atoms with Gasteiger partial charge in [0, 0.05) is 12.7 Å². The fourth-order valence-corrected chi connectivity index (χ4v) is 4.11. The number of aromatic nitrogens is 4. The first kappa shape index (κ1) is 26.5. The number of azo groups is 1. The van der Waals surface area contributed by atoms with E-state index in [-0.39, 0.29) is 5.69 Å². The number of rotatable bonds is 13. The van der Waals surface area contributed by atoms with Gasteiger partial charge in [-0.3, -0.25) is 0 Å². The number of nitrogens with one attached hydrogen (secondary N) is 2. The standard InChI is InChI=1S/C29H33N9/c1-3-4-5-6-7-9-12-22-15-17-23(18-16-22)34-26-20-33-27(21-32-26)35-36-28-25(19-30)37-38(29(28)31-2)24-13-10-8-11-14-24/h8,10-11,13-18,20-21,31H,3-7,9,12H2,1-2H3,(H,32,34). The minimum Gasteiger partial charge on any atom is -0.371 e. The smallest absolute Gasteiger partial charge is 0.193 e. The summed E-state index contributed by atoms with van der Waals surface area (Å²) >= 11 is 0. The molecule has 2 aromatic heterocycles. The van der Waals surface area contributed by atoms with Crippen molar-refractivity contribution in [2.45, 2.75) is 51.9 Å². The van der Waals surface area contributed by atoms with Crippen molar-refractivity contribution in [2.75, 3.05) is 17.7 Å². The molecule has 0 spiro atoms. The van der Waals surface area contributed by atoms with Gasteiger partial charge in [-0.2, -0.15) is 10.4 Å². The molecule has 0 aliphatic rings. The topological polar surface area (TPSA) is 116 Å². The zero-order valence-corrected chi connectivity index (χ0v) is 21.9. The van der Waals surface area contributed by atoms with Gasteiger partial charge in [0.15, 0.2) is 23.0 Å². The number of nitrogens with zero attached hydrogens (tertiary/aromatic N) is 7. The molecule has 0 saturated heterocycles. The van der Waals surface area contributed by atoms with Crippen LogP contribution in [-0.4, -0.2) is 26.8 Å². The normalized spacial score (nSPS) is 11.0. The Morgan fingerprint density at radius 2 is 1.66 bits per heavy atom. The summed E-state index contributed by atoms with van der Waals surface area (Å²) in [5.41, 5.74) is 3.60. The molecule has 0 unspecified atom stereocenters. The summed E-state index contributed by atoms with van der Waals surface area (Å²) in [5.74, 6) is 1.49. The first-order valence-electron chi connectivity index (χ1n) is 13.1. The lowest BCUT2D eigenvalue weighted by molar-refractivity contribution is 0.607. The summed E-state index contributed by atoms with van der Waals surface area (Å²) in [5, 5.41) is 28.7. The van der Waals surface area contributed by atoms with Crippen molar-refractivity contribution in [3.63, 3.8) is 0 Å². The second-order valence-corrected chi connectivity index (χ2v) is 8.95. The summed E-state index contributed by atoms with van der Waals surface area (Å²) in [7, 11) is 1.75. The van der Waals surface area contributed by atoms with Crippen molar-refractivity contribution < 1.29 is 0 Å². The number of benzene rings is 2. The molecule has 0 aliphatic heterocycles. The van der Waals surface area contributed by atoms with Crippen LogP contribution < -0.4 is 10.6 Å². The van der Waals surface area contributed by atoms with E-state index in [9.17, 15) is 5.26 Å². The van der Waals surface area contributed by atoms with Crippen molar-refractivity contribution in [3.8, 4) is 11.8 Å². The first-order chi connectivity index (χ1) is 18.7. The van der Waals surface area contributed by atoms with Crippen LogP contribution in [0.25, 0.3) is 5.69 Å². The number of para-hydroxylation sites is 1. The van der Waals surface area contributed by atoms with Crippen LogP contribution in [0.15, 0.2) is 77.2 Å². The number of anilines is 3. The van der Waals surface area contributed by atoms with Crippen LogP contribution in [0.2, 0.25) is 0 Å². The van der Waals surface area contributed by atoms with Gasteiger partial charge in [0.2, 0.25) is 0 Å². The molecular weight excluding hydrogens is 474 g/mol. The van der Waals surface area contributed by atoms with E-state index in [1.807, 2.05) is 30.3 Å². The van der Waals surface area contributed by atoms with Crippen molar-refractivity contribution in [3.05, 3.63) is 78.2 Å². The number of nitriles is 1. The average molecular weight is 508 g/mol. The van der Waals surface area contributed by atoms with Crippen molar-refractivity contribution >= 4 is 28.8 Å². The quantitative estimate of drug-likeness (QED) is 0.142. The highest BCUT2D eigenvalue weighted by molar-refractivity contribution is 5.69. The van der Waals surface area contributed by atoms with Gasteiger partial charge in [0.05, 0.1) is 18.1 Å². The number of aryl methyl sites for hydroxylation is 1. The fraction of sp³-hybridized carbons (Fsp3) is 0.310. The number of hydrogen-bond donors (Lipinski definition) is 2. The van der Waals surface area contributed by atoms with Gasteiger partial charge in [-0.1, -0.05) is 69.4 Å². The molecule has 0 radical (unpaired) electrons.